The summed E-state index contributed by atoms with van der Waals surface area (Å²) in [4.78, 5) is 63.9. The molecular formula is C54H104N10O12. The molecule has 0 bridgehead atoms. The zero-order valence-electron chi connectivity index (χ0n) is 48.9. The van der Waals surface area contributed by atoms with Crippen LogP contribution in [-0.4, -0.2) is 271 Å². The summed E-state index contributed by atoms with van der Waals surface area (Å²) in [6, 6.07) is 4.13. The summed E-state index contributed by atoms with van der Waals surface area (Å²) in [5.41, 5.74) is 0. The SMILES string of the molecule is CC(COC(=O)NCCC(C)N1CC1C)OCCN(CCOC(C)COC(=O)NCCC(C)N1CC1C)CCN(CCOC(C)COC(=O)NCCC(C)N1CC1C)CCOC(C)COC(=O)NCCC(C)N1CC1C. The van der Waals surface area contributed by atoms with Crippen LogP contribution < -0.4 is 21.3 Å². The molecule has 16 unspecified atom stereocenters. The summed E-state index contributed by atoms with van der Waals surface area (Å²) < 4.78 is 46.5. The smallest absolute Gasteiger partial charge is 0.407 e. The number of amides is 4. The fourth-order valence-corrected chi connectivity index (χ4v) is 9.34. The van der Waals surface area contributed by atoms with E-state index in [2.05, 4.69) is 106 Å². The number of carbonyl (C=O) groups is 4. The molecule has 22 nitrogen and oxygen atoms in total. The predicted octanol–water partition coefficient (Wildman–Crippen LogP) is 4.05. The van der Waals surface area contributed by atoms with Crippen molar-refractivity contribution in [3.8, 4) is 0 Å². The minimum atomic E-state index is -0.449. The van der Waals surface area contributed by atoms with Crippen LogP contribution >= 0.6 is 0 Å². The van der Waals surface area contributed by atoms with Gasteiger partial charge in [0.05, 0.1) is 50.8 Å². The lowest BCUT2D eigenvalue weighted by Crippen LogP contribution is -2.42. The number of nitrogens with one attached hydrogen (secondary N) is 4. The fraction of sp³-hybridized carbons (Fsp3) is 0.926. The molecule has 4 amide bonds. The van der Waals surface area contributed by atoms with Gasteiger partial charge >= 0.3 is 24.4 Å². The lowest BCUT2D eigenvalue weighted by molar-refractivity contribution is -0.0174. The van der Waals surface area contributed by atoms with E-state index in [1.165, 1.54) is 0 Å². The predicted molar refractivity (Wildman–Crippen MR) is 293 cm³/mol. The molecule has 0 spiro atoms. The van der Waals surface area contributed by atoms with Crippen LogP contribution in [0.25, 0.3) is 0 Å². The second-order valence-corrected chi connectivity index (χ2v) is 22.2. The Morgan fingerprint density at radius 2 is 0.579 bits per heavy atom. The van der Waals surface area contributed by atoms with E-state index >= 15 is 0 Å². The molecule has 0 radical (unpaired) electrons. The number of alkyl carbamates (subject to hydrolysis) is 4. The zero-order chi connectivity index (χ0) is 55.6. The molecule has 0 aromatic carbocycles. The Labute approximate surface area is 456 Å². The molecule has 442 valence electrons. The van der Waals surface area contributed by atoms with Gasteiger partial charge in [0, 0.05) is 140 Å². The maximum atomic E-state index is 12.4. The molecule has 16 atom stereocenters. The Morgan fingerprint density at radius 1 is 0.382 bits per heavy atom. The molecule has 76 heavy (non-hydrogen) atoms. The van der Waals surface area contributed by atoms with Gasteiger partial charge < -0.3 is 59.2 Å². The van der Waals surface area contributed by atoms with Crippen LogP contribution in [0.4, 0.5) is 19.2 Å². The normalized spacial score (nSPS) is 25.5. The van der Waals surface area contributed by atoms with Crippen molar-refractivity contribution in [3.05, 3.63) is 0 Å². The molecule has 4 rings (SSSR count). The molecule has 22 heteroatoms. The van der Waals surface area contributed by atoms with E-state index < -0.39 is 24.4 Å². The van der Waals surface area contributed by atoms with Gasteiger partial charge in [0.1, 0.15) is 26.4 Å². The van der Waals surface area contributed by atoms with Crippen molar-refractivity contribution in [2.45, 2.75) is 182 Å². The van der Waals surface area contributed by atoms with Crippen LogP contribution in [0.5, 0.6) is 0 Å². The van der Waals surface area contributed by atoms with E-state index in [9.17, 15) is 19.2 Å². The third kappa shape index (κ3) is 28.5. The van der Waals surface area contributed by atoms with Crippen molar-refractivity contribution in [1.29, 1.82) is 0 Å². The van der Waals surface area contributed by atoms with Crippen molar-refractivity contribution < 1.29 is 57.1 Å². The van der Waals surface area contributed by atoms with Gasteiger partial charge in [0.15, 0.2) is 0 Å². The van der Waals surface area contributed by atoms with Gasteiger partial charge in [-0.2, -0.15) is 0 Å². The second kappa shape index (κ2) is 35.3. The molecule has 4 N–H and O–H groups in total. The van der Waals surface area contributed by atoms with Crippen molar-refractivity contribution in [1.82, 2.24) is 50.7 Å². The Bertz CT molecular complexity index is 1430. The molecule has 4 aliphatic heterocycles. The molecule has 4 heterocycles. The number of carbonyl (C=O) groups excluding carboxylic acids is 4. The first-order chi connectivity index (χ1) is 36.3. The van der Waals surface area contributed by atoms with Crippen molar-refractivity contribution in [3.63, 3.8) is 0 Å². The Hall–Kier alpha value is -3.32. The van der Waals surface area contributed by atoms with E-state index in [-0.39, 0.29) is 50.8 Å². The van der Waals surface area contributed by atoms with E-state index in [0.29, 0.717) is 140 Å². The third-order valence-corrected chi connectivity index (χ3v) is 15.0. The van der Waals surface area contributed by atoms with Crippen LogP contribution in [0.2, 0.25) is 0 Å². The molecular weight excluding hydrogens is 981 g/mol. The van der Waals surface area contributed by atoms with Gasteiger partial charge in [-0.05, 0) is 109 Å². The molecule has 4 aliphatic rings. The topological polar surface area (TPSA) is 209 Å². The third-order valence-electron chi connectivity index (χ3n) is 15.0. The second-order valence-electron chi connectivity index (χ2n) is 22.2. The molecule has 4 saturated heterocycles. The highest BCUT2D eigenvalue weighted by Crippen LogP contribution is 2.24. The lowest BCUT2D eigenvalue weighted by atomic mass is 10.2. The van der Waals surface area contributed by atoms with Crippen LogP contribution in [0.1, 0.15) is 109 Å². The Balaban J connectivity index is 1.24. The summed E-state index contributed by atoms with van der Waals surface area (Å²) in [5, 5.41) is 11.4. The minimum Gasteiger partial charge on any atom is -0.447 e. The quantitative estimate of drug-likeness (QED) is 0.0502. The van der Waals surface area contributed by atoms with Gasteiger partial charge in [0.25, 0.3) is 0 Å². The van der Waals surface area contributed by atoms with Crippen molar-refractivity contribution in [2.75, 3.05) is 144 Å². The standard InChI is InChI=1S/C54H104N10O12/c1-39(61-31-43(61)5)13-17-55-51(65)73-35-47(9)69-27-23-59(24-28-70-48(10)36-74-52(66)56-18-14-40(2)62-32-44(62)6)21-22-60(25-29-71-49(11)37-75-53(67)57-19-15-41(3)63-33-45(63)7)26-30-72-50(12)38-76-54(68)58-20-16-42(4)64-34-46(64)8/h39-50H,13-38H2,1-12H3,(H,55,65)(H,56,66)(H,57,67)(H,58,68). The summed E-state index contributed by atoms with van der Waals surface area (Å²) >= 11 is 0. The van der Waals surface area contributed by atoms with Crippen LogP contribution in [0, 0.1) is 0 Å². The van der Waals surface area contributed by atoms with Gasteiger partial charge in [-0.3, -0.25) is 29.4 Å². The highest BCUT2D eigenvalue weighted by atomic mass is 16.6. The lowest BCUT2D eigenvalue weighted by Gasteiger charge is -2.29. The first kappa shape index (κ1) is 65.2. The largest absolute Gasteiger partial charge is 0.447 e. The number of hydrogen-bond donors (Lipinski definition) is 4. The number of ether oxygens (including phenoxy) is 8. The molecule has 0 aliphatic carbocycles. The first-order valence-electron chi connectivity index (χ1n) is 28.9. The molecule has 0 aromatic rings. The van der Waals surface area contributed by atoms with Gasteiger partial charge in [-0.25, -0.2) is 19.2 Å². The fourth-order valence-electron chi connectivity index (χ4n) is 9.34. The van der Waals surface area contributed by atoms with E-state index in [1.807, 2.05) is 27.7 Å². The zero-order valence-corrected chi connectivity index (χ0v) is 48.9. The number of rotatable bonds is 43. The van der Waals surface area contributed by atoms with Crippen LogP contribution in [-0.2, 0) is 37.9 Å². The minimum absolute atomic E-state index is 0.126. The van der Waals surface area contributed by atoms with Gasteiger partial charge in [-0.1, -0.05) is 0 Å². The average Bonchev–Trinajstić information content (AvgIpc) is 4.23. The Kier molecular flexibility index (Phi) is 30.3. The first-order valence-corrected chi connectivity index (χ1v) is 28.9. The summed E-state index contributed by atoms with van der Waals surface area (Å²) in [7, 11) is 0. The number of nitrogens with zero attached hydrogens (tertiary/aromatic N) is 6. The molecule has 0 saturated carbocycles. The van der Waals surface area contributed by atoms with Crippen LogP contribution in [0.3, 0.4) is 0 Å². The van der Waals surface area contributed by atoms with E-state index in [1.54, 1.807) is 0 Å². The summed E-state index contributed by atoms with van der Waals surface area (Å²) in [6.45, 7) is 37.4. The maximum absolute atomic E-state index is 12.4. The van der Waals surface area contributed by atoms with Crippen LogP contribution in [0.15, 0.2) is 0 Å². The monoisotopic (exact) mass is 1080 g/mol. The summed E-state index contributed by atoms with van der Waals surface area (Å²) in [5.74, 6) is 0. The summed E-state index contributed by atoms with van der Waals surface area (Å²) in [6.07, 6.45) is 0.367. The van der Waals surface area contributed by atoms with Gasteiger partial charge in [0.2, 0.25) is 0 Å². The van der Waals surface area contributed by atoms with E-state index in [4.69, 9.17) is 37.9 Å². The van der Waals surface area contributed by atoms with Crippen molar-refractivity contribution >= 4 is 24.4 Å². The highest BCUT2D eigenvalue weighted by molar-refractivity contribution is 5.68. The molecule has 4 fully saturated rings. The van der Waals surface area contributed by atoms with E-state index in [0.717, 1.165) is 51.9 Å². The molecule has 0 aromatic heterocycles. The van der Waals surface area contributed by atoms with Gasteiger partial charge in [-0.15, -0.1) is 0 Å². The average molecular weight is 1090 g/mol. The maximum Gasteiger partial charge on any atom is 0.407 e. The highest BCUT2D eigenvalue weighted by Gasteiger charge is 2.35. The van der Waals surface area contributed by atoms with Crippen molar-refractivity contribution in [2.24, 2.45) is 0 Å². The Morgan fingerprint density at radius 3 is 0.763 bits per heavy atom. The number of hydrogen-bond acceptors (Lipinski definition) is 18.